The molecule has 0 bridgehead atoms. The molecule has 6 nitrogen and oxygen atoms in total. The maximum Gasteiger partial charge on any atom is 0.323 e. The van der Waals surface area contributed by atoms with Crippen LogP contribution in [0.25, 0.3) is 0 Å². The summed E-state index contributed by atoms with van der Waals surface area (Å²) in [6.45, 7) is 6.42. The predicted molar refractivity (Wildman–Crippen MR) is 63.7 cm³/mol. The summed E-state index contributed by atoms with van der Waals surface area (Å²) in [5.74, 6) is -1.09. The second-order valence-corrected chi connectivity index (χ2v) is 4.38. The minimum atomic E-state index is -1.09. The highest BCUT2D eigenvalue weighted by Crippen LogP contribution is 2.13. The average Bonchev–Trinajstić information content (AvgIpc) is 2.26. The molecule has 2 amide bonds. The van der Waals surface area contributed by atoms with Crippen LogP contribution in [0.5, 0.6) is 0 Å². The first-order valence-corrected chi connectivity index (χ1v) is 5.22. The smallest absolute Gasteiger partial charge is 0.323 e. The van der Waals surface area contributed by atoms with E-state index in [1.165, 1.54) is 18.0 Å². The number of carbonyl (C=O) groups excluding carboxylic acids is 1. The molecule has 2 N–H and O–H groups in total. The Bertz CT molecular complexity index is 302. The number of rotatable bonds is 6. The molecule has 0 rings (SSSR count). The lowest BCUT2D eigenvalue weighted by Crippen LogP contribution is -2.53. The van der Waals surface area contributed by atoms with Gasteiger partial charge in [0.25, 0.3) is 0 Å². The highest BCUT2D eigenvalue weighted by atomic mass is 16.4. The van der Waals surface area contributed by atoms with Crippen molar-refractivity contribution in [1.29, 1.82) is 0 Å². The van der Waals surface area contributed by atoms with Crippen LogP contribution in [0.2, 0.25) is 0 Å². The molecule has 0 unspecified atom stereocenters. The summed E-state index contributed by atoms with van der Waals surface area (Å²) in [5.41, 5.74) is -0.741. The van der Waals surface area contributed by atoms with Crippen molar-refractivity contribution in [1.82, 2.24) is 9.80 Å². The number of nitrogens with zero attached hydrogens (tertiary/aromatic N) is 2. The number of aliphatic carboxylic acids is 1. The van der Waals surface area contributed by atoms with Crippen LogP contribution in [0, 0.1) is 0 Å². The molecule has 98 valence electrons. The van der Waals surface area contributed by atoms with Crippen molar-refractivity contribution in [3.8, 4) is 0 Å². The highest BCUT2D eigenvalue weighted by molar-refractivity contribution is 5.80. The molecule has 0 aromatic heterocycles. The molecule has 0 saturated carbocycles. The molecule has 6 heteroatoms. The molecule has 0 atom stereocenters. The number of likely N-dealkylation sites (N-methyl/N-ethyl adjacent to an activating group) is 1. The van der Waals surface area contributed by atoms with E-state index in [-0.39, 0.29) is 13.2 Å². The van der Waals surface area contributed by atoms with Crippen molar-refractivity contribution in [2.24, 2.45) is 0 Å². The molecule has 17 heavy (non-hydrogen) atoms. The molecule has 0 aromatic carbocycles. The molecule has 0 aliphatic rings. The van der Waals surface area contributed by atoms with Crippen molar-refractivity contribution in [3.05, 3.63) is 12.7 Å². The van der Waals surface area contributed by atoms with Gasteiger partial charge in [-0.05, 0) is 13.8 Å². The summed E-state index contributed by atoms with van der Waals surface area (Å²) < 4.78 is 0. The van der Waals surface area contributed by atoms with Gasteiger partial charge < -0.3 is 20.0 Å². The molecule has 0 spiro atoms. The van der Waals surface area contributed by atoms with Gasteiger partial charge in [0.15, 0.2) is 0 Å². The number of hydrogen-bond donors (Lipinski definition) is 2. The molecule has 0 aliphatic carbocycles. The van der Waals surface area contributed by atoms with Gasteiger partial charge in [0.2, 0.25) is 0 Å². The maximum atomic E-state index is 12.0. The van der Waals surface area contributed by atoms with E-state index >= 15 is 0 Å². The molecule has 0 aromatic rings. The molecule has 0 heterocycles. The van der Waals surface area contributed by atoms with Gasteiger partial charge in [-0.15, -0.1) is 6.58 Å². The third kappa shape index (κ3) is 4.44. The second-order valence-electron chi connectivity index (χ2n) is 4.38. The zero-order chi connectivity index (χ0) is 13.6. The molecular weight excluding hydrogens is 224 g/mol. The van der Waals surface area contributed by atoms with Gasteiger partial charge >= 0.3 is 12.0 Å². The van der Waals surface area contributed by atoms with Crippen LogP contribution >= 0.6 is 0 Å². The van der Waals surface area contributed by atoms with Gasteiger partial charge in [-0.1, -0.05) is 6.08 Å². The topological polar surface area (TPSA) is 81.1 Å². The summed E-state index contributed by atoms with van der Waals surface area (Å²) in [7, 11) is 1.52. The number of urea groups is 1. The minimum absolute atomic E-state index is 0.150. The lowest BCUT2D eigenvalue weighted by atomic mass is 10.1. The van der Waals surface area contributed by atoms with Crippen LogP contribution in [0.1, 0.15) is 13.8 Å². The predicted octanol–water partition coefficient (Wildman–Crippen LogP) is 0.382. The van der Waals surface area contributed by atoms with Crippen LogP contribution in [0.3, 0.4) is 0 Å². The van der Waals surface area contributed by atoms with Gasteiger partial charge in [-0.25, -0.2) is 4.79 Å². The Balaban J connectivity index is 4.82. The van der Waals surface area contributed by atoms with E-state index in [1.807, 2.05) is 0 Å². The third-order valence-electron chi connectivity index (χ3n) is 2.53. The lowest BCUT2D eigenvalue weighted by Gasteiger charge is -2.37. The fraction of sp³-hybridized carbons (Fsp3) is 0.636. The summed E-state index contributed by atoms with van der Waals surface area (Å²) in [6.07, 6.45) is 1.46. The molecule has 0 fully saturated rings. The maximum absolute atomic E-state index is 12.0. The van der Waals surface area contributed by atoms with Crippen molar-refractivity contribution in [2.75, 3.05) is 26.7 Å². The van der Waals surface area contributed by atoms with Crippen molar-refractivity contribution in [3.63, 3.8) is 0 Å². The van der Waals surface area contributed by atoms with Crippen LogP contribution in [-0.4, -0.2) is 64.3 Å². The largest absolute Gasteiger partial charge is 0.480 e. The summed E-state index contributed by atoms with van der Waals surface area (Å²) in [4.78, 5) is 25.1. The van der Waals surface area contributed by atoms with E-state index in [9.17, 15) is 9.59 Å². The zero-order valence-corrected chi connectivity index (χ0v) is 10.5. The first kappa shape index (κ1) is 15.4. The van der Waals surface area contributed by atoms with Crippen LogP contribution < -0.4 is 0 Å². The average molecular weight is 244 g/mol. The van der Waals surface area contributed by atoms with Crippen molar-refractivity contribution >= 4 is 12.0 Å². The minimum Gasteiger partial charge on any atom is -0.480 e. The van der Waals surface area contributed by atoms with E-state index < -0.39 is 24.1 Å². The van der Waals surface area contributed by atoms with Crippen LogP contribution in [0.15, 0.2) is 12.7 Å². The Labute approximate surface area is 101 Å². The Morgan fingerprint density at radius 1 is 1.41 bits per heavy atom. The lowest BCUT2D eigenvalue weighted by molar-refractivity contribution is -0.137. The number of amides is 2. The zero-order valence-electron chi connectivity index (χ0n) is 10.5. The normalized spacial score (nSPS) is 10.8. The van der Waals surface area contributed by atoms with Crippen LogP contribution in [-0.2, 0) is 4.79 Å². The van der Waals surface area contributed by atoms with Gasteiger partial charge in [0.05, 0.1) is 12.1 Å². The highest BCUT2D eigenvalue weighted by Gasteiger charge is 2.30. The van der Waals surface area contributed by atoms with Crippen molar-refractivity contribution in [2.45, 2.75) is 19.4 Å². The number of carboxylic acids is 1. The SMILES string of the molecule is C=CCN(CC(=O)O)C(=O)N(C)C(C)(C)CO. The van der Waals surface area contributed by atoms with E-state index in [0.717, 1.165) is 4.90 Å². The first-order chi connectivity index (χ1) is 7.76. The van der Waals surface area contributed by atoms with E-state index in [2.05, 4.69) is 6.58 Å². The number of carboxylic acid groups (broad SMARTS) is 1. The summed E-state index contributed by atoms with van der Waals surface area (Å²) in [6, 6.07) is -0.452. The molecular formula is C11H20N2O4. The van der Waals surface area contributed by atoms with E-state index in [1.54, 1.807) is 13.8 Å². The van der Waals surface area contributed by atoms with Gasteiger partial charge in [0, 0.05) is 13.6 Å². The van der Waals surface area contributed by atoms with Gasteiger partial charge in [-0.3, -0.25) is 4.79 Å². The Hall–Kier alpha value is -1.56. The molecule has 0 saturated heterocycles. The summed E-state index contributed by atoms with van der Waals surface area (Å²) in [5, 5.41) is 17.9. The standard InChI is InChI=1S/C11H20N2O4/c1-5-6-13(7-9(15)16)10(17)12(4)11(2,3)8-14/h5,14H,1,6-8H2,2-4H3,(H,15,16). The number of carbonyl (C=O) groups is 2. The Kier molecular flexibility index (Phi) is 5.67. The number of aliphatic hydroxyl groups is 1. The molecule has 0 aliphatic heterocycles. The second kappa shape index (κ2) is 6.24. The van der Waals surface area contributed by atoms with Crippen molar-refractivity contribution < 1.29 is 19.8 Å². The third-order valence-corrected chi connectivity index (χ3v) is 2.53. The summed E-state index contributed by atoms with van der Waals surface area (Å²) >= 11 is 0. The first-order valence-electron chi connectivity index (χ1n) is 5.22. The molecule has 0 radical (unpaired) electrons. The Morgan fingerprint density at radius 3 is 2.29 bits per heavy atom. The quantitative estimate of drug-likeness (QED) is 0.662. The van der Waals surface area contributed by atoms with Gasteiger partial charge in [0.1, 0.15) is 6.54 Å². The number of hydrogen-bond acceptors (Lipinski definition) is 3. The fourth-order valence-electron chi connectivity index (χ4n) is 1.11. The van der Waals surface area contributed by atoms with Crippen LogP contribution in [0.4, 0.5) is 4.79 Å². The number of aliphatic hydroxyl groups excluding tert-OH is 1. The van der Waals surface area contributed by atoms with Gasteiger partial charge in [-0.2, -0.15) is 0 Å². The van der Waals surface area contributed by atoms with E-state index in [4.69, 9.17) is 10.2 Å². The van der Waals surface area contributed by atoms with E-state index in [0.29, 0.717) is 0 Å². The fourth-order valence-corrected chi connectivity index (χ4v) is 1.11. The Morgan fingerprint density at radius 2 is 1.94 bits per heavy atom. The monoisotopic (exact) mass is 244 g/mol.